The van der Waals surface area contributed by atoms with Crippen molar-refractivity contribution in [3.05, 3.63) is 34.3 Å². The van der Waals surface area contributed by atoms with Crippen LogP contribution in [0, 0.1) is 12.3 Å². The van der Waals surface area contributed by atoms with Crippen LogP contribution in [0.5, 0.6) is 0 Å². The van der Waals surface area contributed by atoms with E-state index in [0.29, 0.717) is 12.3 Å². The molecule has 1 rings (SSSR count). The van der Waals surface area contributed by atoms with Crippen molar-refractivity contribution in [1.29, 1.82) is 0 Å². The topological polar surface area (TPSA) is 84.2 Å². The van der Waals surface area contributed by atoms with E-state index in [2.05, 4.69) is 32.5 Å². The molecule has 2 amide bonds. The fourth-order valence-corrected chi connectivity index (χ4v) is 3.13. The van der Waals surface area contributed by atoms with Crippen LogP contribution in [0.3, 0.4) is 0 Å². The third kappa shape index (κ3) is 7.86. The van der Waals surface area contributed by atoms with Crippen molar-refractivity contribution in [1.82, 2.24) is 10.6 Å². The van der Waals surface area contributed by atoms with Crippen molar-refractivity contribution in [2.75, 3.05) is 12.3 Å². The Kier molecular flexibility index (Phi) is 9.53. The quantitative estimate of drug-likeness (QED) is 0.511. The summed E-state index contributed by atoms with van der Waals surface area (Å²) in [5, 5.41) is 5.69. The second-order valence-corrected chi connectivity index (χ2v) is 7.30. The first-order valence-electron chi connectivity index (χ1n) is 7.57. The first-order valence-corrected chi connectivity index (χ1v) is 9.42. The lowest BCUT2D eigenvalue weighted by Crippen LogP contribution is -2.48. The molecule has 0 fully saturated rings. The number of carbonyl (C=O) groups is 2. The molecule has 4 N–H and O–H groups in total. The number of hydrogen-bond acceptors (Lipinski definition) is 4. The largest absolute Gasteiger partial charge is 0.368 e. The van der Waals surface area contributed by atoms with E-state index in [1.165, 1.54) is 11.8 Å². The van der Waals surface area contributed by atoms with E-state index < -0.39 is 11.9 Å². The highest BCUT2D eigenvalue weighted by atomic mass is 79.9. The molecule has 0 aliphatic rings. The number of thioether (sulfide) groups is 1. The number of nitrogens with one attached hydrogen (secondary N) is 2. The van der Waals surface area contributed by atoms with Crippen LogP contribution in [0.1, 0.15) is 18.9 Å². The SMILES string of the molecule is C#CC(CC)SC[C@H](NC(=O)CNCc1ccc(Br)cc1)C(N)=O. The Morgan fingerprint density at radius 3 is 2.58 bits per heavy atom. The Morgan fingerprint density at radius 2 is 2.04 bits per heavy atom. The van der Waals surface area contributed by atoms with Crippen molar-refractivity contribution < 1.29 is 9.59 Å². The first-order chi connectivity index (χ1) is 11.5. The predicted octanol–water partition coefficient (Wildman–Crippen LogP) is 1.65. The molecule has 7 heteroatoms. The molecule has 0 heterocycles. The minimum atomic E-state index is -0.723. The maximum absolute atomic E-state index is 11.9. The Hall–Kier alpha value is -1.49. The van der Waals surface area contributed by atoms with Crippen LogP contribution in [0.4, 0.5) is 0 Å². The minimum absolute atomic E-state index is 0.0132. The lowest BCUT2D eigenvalue weighted by molar-refractivity contribution is -0.126. The summed E-state index contributed by atoms with van der Waals surface area (Å²) in [6.45, 7) is 2.64. The smallest absolute Gasteiger partial charge is 0.240 e. The van der Waals surface area contributed by atoms with Crippen LogP contribution in [0.25, 0.3) is 0 Å². The molecule has 130 valence electrons. The number of hydrogen-bond donors (Lipinski definition) is 3. The van der Waals surface area contributed by atoms with Gasteiger partial charge in [-0.25, -0.2) is 0 Å². The summed E-state index contributed by atoms with van der Waals surface area (Å²) in [4.78, 5) is 23.4. The van der Waals surface area contributed by atoms with Gasteiger partial charge >= 0.3 is 0 Å². The number of terminal acetylenes is 1. The van der Waals surface area contributed by atoms with Gasteiger partial charge < -0.3 is 16.4 Å². The summed E-state index contributed by atoms with van der Waals surface area (Å²) in [6, 6.07) is 7.07. The number of benzene rings is 1. The molecule has 0 aliphatic heterocycles. The molecule has 2 atom stereocenters. The second-order valence-electron chi connectivity index (χ2n) is 5.15. The third-order valence-corrected chi connectivity index (χ3v) is 5.15. The number of rotatable bonds is 10. The predicted molar refractivity (Wildman–Crippen MR) is 102 cm³/mol. The fourth-order valence-electron chi connectivity index (χ4n) is 1.86. The van der Waals surface area contributed by atoms with E-state index >= 15 is 0 Å². The number of carbonyl (C=O) groups excluding carboxylic acids is 2. The Labute approximate surface area is 155 Å². The second kappa shape index (κ2) is 11.1. The summed E-state index contributed by atoms with van der Waals surface area (Å²) in [5.41, 5.74) is 6.41. The van der Waals surface area contributed by atoms with E-state index in [1.54, 1.807) is 0 Å². The van der Waals surface area contributed by atoms with E-state index in [9.17, 15) is 9.59 Å². The van der Waals surface area contributed by atoms with Gasteiger partial charge in [0.15, 0.2) is 0 Å². The van der Waals surface area contributed by atoms with Crippen molar-refractivity contribution in [3.8, 4) is 12.3 Å². The van der Waals surface area contributed by atoms with Gasteiger partial charge in [0.2, 0.25) is 11.8 Å². The molecule has 1 aromatic carbocycles. The standard InChI is InChI=1S/C17H22BrN3O2S/c1-3-14(4-2)24-11-15(17(19)23)21-16(22)10-20-9-12-5-7-13(18)8-6-12/h1,5-8,14-15,20H,4,9-11H2,2H3,(H2,19,23)(H,21,22)/t14?,15-/m0/s1. The molecule has 0 saturated carbocycles. The number of nitrogens with two attached hydrogens (primary N) is 1. The number of amides is 2. The lowest BCUT2D eigenvalue weighted by Gasteiger charge is -2.17. The molecule has 0 saturated heterocycles. The zero-order valence-corrected chi connectivity index (χ0v) is 16.0. The summed E-state index contributed by atoms with van der Waals surface area (Å²) < 4.78 is 1.00. The van der Waals surface area contributed by atoms with Gasteiger partial charge in [-0.3, -0.25) is 9.59 Å². The van der Waals surface area contributed by atoms with Gasteiger partial charge in [-0.05, 0) is 24.1 Å². The Bertz CT molecular complexity index is 586. The molecular formula is C17H22BrN3O2S. The highest BCUT2D eigenvalue weighted by Crippen LogP contribution is 2.14. The molecule has 0 spiro atoms. The van der Waals surface area contributed by atoms with Crippen LogP contribution in [-0.2, 0) is 16.1 Å². The number of halogens is 1. The van der Waals surface area contributed by atoms with Crippen LogP contribution in [0.15, 0.2) is 28.7 Å². The minimum Gasteiger partial charge on any atom is -0.368 e. The molecule has 24 heavy (non-hydrogen) atoms. The zero-order chi connectivity index (χ0) is 17.9. The van der Waals surface area contributed by atoms with Gasteiger partial charge in [-0.1, -0.05) is 40.9 Å². The molecule has 1 unspecified atom stereocenters. The van der Waals surface area contributed by atoms with Gasteiger partial charge in [-0.15, -0.1) is 18.2 Å². The lowest BCUT2D eigenvalue weighted by atomic mass is 10.2. The van der Waals surface area contributed by atoms with Crippen LogP contribution < -0.4 is 16.4 Å². The van der Waals surface area contributed by atoms with Crippen molar-refractivity contribution in [2.24, 2.45) is 5.73 Å². The molecule has 0 aliphatic carbocycles. The summed E-state index contributed by atoms with van der Waals surface area (Å²) in [6.07, 6.45) is 6.19. The normalized spacial score (nSPS) is 12.9. The zero-order valence-electron chi connectivity index (χ0n) is 13.5. The van der Waals surface area contributed by atoms with Gasteiger partial charge in [-0.2, -0.15) is 0 Å². The molecule has 0 aromatic heterocycles. The molecular weight excluding hydrogens is 390 g/mol. The Balaban J connectivity index is 2.38. The van der Waals surface area contributed by atoms with E-state index in [0.717, 1.165) is 16.5 Å². The molecule has 1 aromatic rings. The van der Waals surface area contributed by atoms with Crippen molar-refractivity contribution in [3.63, 3.8) is 0 Å². The Morgan fingerprint density at radius 1 is 1.38 bits per heavy atom. The summed E-state index contributed by atoms with van der Waals surface area (Å²) in [5.74, 6) is 2.18. The molecule has 5 nitrogen and oxygen atoms in total. The number of primary amides is 1. The fraction of sp³-hybridized carbons (Fsp3) is 0.412. The van der Waals surface area contributed by atoms with E-state index in [-0.39, 0.29) is 17.7 Å². The molecule has 0 bridgehead atoms. The van der Waals surface area contributed by atoms with Gasteiger partial charge in [0.25, 0.3) is 0 Å². The van der Waals surface area contributed by atoms with E-state index in [1.807, 2.05) is 31.2 Å². The molecule has 0 radical (unpaired) electrons. The van der Waals surface area contributed by atoms with Gasteiger partial charge in [0.05, 0.1) is 11.8 Å². The van der Waals surface area contributed by atoms with Crippen LogP contribution in [0.2, 0.25) is 0 Å². The maximum atomic E-state index is 11.9. The van der Waals surface area contributed by atoms with Gasteiger partial charge in [0, 0.05) is 16.8 Å². The third-order valence-electron chi connectivity index (χ3n) is 3.23. The summed E-state index contributed by atoms with van der Waals surface area (Å²) >= 11 is 4.82. The highest BCUT2D eigenvalue weighted by molar-refractivity contribution is 9.10. The van der Waals surface area contributed by atoms with E-state index in [4.69, 9.17) is 12.2 Å². The van der Waals surface area contributed by atoms with Gasteiger partial charge in [0.1, 0.15) is 6.04 Å². The first kappa shape index (κ1) is 20.6. The average Bonchev–Trinajstić information content (AvgIpc) is 2.56. The highest BCUT2D eigenvalue weighted by Gasteiger charge is 2.19. The van der Waals surface area contributed by atoms with Crippen LogP contribution >= 0.6 is 27.7 Å². The van der Waals surface area contributed by atoms with Crippen LogP contribution in [-0.4, -0.2) is 35.4 Å². The average molecular weight is 412 g/mol. The monoisotopic (exact) mass is 411 g/mol. The van der Waals surface area contributed by atoms with Crippen molar-refractivity contribution >= 4 is 39.5 Å². The van der Waals surface area contributed by atoms with Crippen molar-refractivity contribution in [2.45, 2.75) is 31.2 Å². The maximum Gasteiger partial charge on any atom is 0.240 e. The summed E-state index contributed by atoms with van der Waals surface area (Å²) in [7, 11) is 0.